The topological polar surface area (TPSA) is 78.3 Å². The average molecular weight is 400 g/mol. The van der Waals surface area contributed by atoms with Crippen LogP contribution in [0, 0.1) is 12.7 Å². The zero-order valence-electron chi connectivity index (χ0n) is 15.6. The van der Waals surface area contributed by atoms with Gasteiger partial charge in [-0.1, -0.05) is 47.5 Å². The van der Waals surface area contributed by atoms with E-state index in [1.54, 1.807) is 31.4 Å². The number of aryl methyl sites for hydroxylation is 1. The van der Waals surface area contributed by atoms with Crippen molar-refractivity contribution in [3.63, 3.8) is 0 Å². The largest absolute Gasteiger partial charge is 0.287 e. The van der Waals surface area contributed by atoms with E-state index in [0.29, 0.717) is 0 Å². The van der Waals surface area contributed by atoms with E-state index in [1.807, 2.05) is 31.2 Å². The zero-order valence-corrected chi connectivity index (χ0v) is 16.4. The normalized spacial score (nSPS) is 11.2. The third-order valence-corrected chi connectivity index (χ3v) is 3.92. The highest BCUT2D eigenvalue weighted by molar-refractivity contribution is 6.33. The standard InChI is InChI=1S/C19H19ClFN7/c1-12-7-9-13(10-8-12)11-22-26-18-23-17(24-19(25-18)27-28(2)3)16-14(20)5-4-6-15(16)21/h4-11H,1-3H3,(H2,23,24,25,26,27)/b22-11+. The number of nitrogens with zero attached hydrogens (tertiary/aromatic N) is 5. The highest BCUT2D eigenvalue weighted by Gasteiger charge is 2.16. The summed E-state index contributed by atoms with van der Waals surface area (Å²) in [5.41, 5.74) is 7.85. The number of hydrogen-bond acceptors (Lipinski definition) is 7. The second-order valence-corrected chi connectivity index (χ2v) is 6.60. The molecule has 0 saturated heterocycles. The van der Waals surface area contributed by atoms with E-state index < -0.39 is 5.82 Å². The summed E-state index contributed by atoms with van der Waals surface area (Å²) in [6.45, 7) is 2.01. The number of anilines is 2. The summed E-state index contributed by atoms with van der Waals surface area (Å²) >= 11 is 6.15. The summed E-state index contributed by atoms with van der Waals surface area (Å²) in [7, 11) is 3.56. The molecule has 0 fully saturated rings. The Bertz CT molecular complexity index is 970. The fourth-order valence-electron chi connectivity index (χ4n) is 2.32. The van der Waals surface area contributed by atoms with Gasteiger partial charge in [0.1, 0.15) is 5.82 Å². The molecule has 0 aliphatic heterocycles. The first-order valence-electron chi connectivity index (χ1n) is 8.42. The first-order chi connectivity index (χ1) is 13.4. The quantitative estimate of drug-likeness (QED) is 0.482. The van der Waals surface area contributed by atoms with Crippen molar-refractivity contribution < 1.29 is 4.39 Å². The molecule has 1 aromatic heterocycles. The molecule has 7 nitrogen and oxygen atoms in total. The summed E-state index contributed by atoms with van der Waals surface area (Å²) in [6, 6.07) is 12.3. The maximum absolute atomic E-state index is 14.3. The van der Waals surface area contributed by atoms with Gasteiger partial charge in [-0.25, -0.2) is 14.8 Å². The molecule has 3 rings (SSSR count). The highest BCUT2D eigenvalue weighted by Crippen LogP contribution is 2.29. The number of rotatable bonds is 6. The van der Waals surface area contributed by atoms with Gasteiger partial charge < -0.3 is 0 Å². The van der Waals surface area contributed by atoms with Crippen LogP contribution in [0.2, 0.25) is 5.02 Å². The Labute approximate surface area is 167 Å². The number of hydrogen-bond donors (Lipinski definition) is 2. The van der Waals surface area contributed by atoms with E-state index in [0.717, 1.165) is 11.1 Å². The van der Waals surface area contributed by atoms with Crippen LogP contribution in [0.5, 0.6) is 0 Å². The van der Waals surface area contributed by atoms with Crippen molar-refractivity contribution in [2.24, 2.45) is 5.10 Å². The number of nitrogens with one attached hydrogen (secondary N) is 2. The van der Waals surface area contributed by atoms with Crippen molar-refractivity contribution in [1.82, 2.24) is 20.0 Å². The summed E-state index contributed by atoms with van der Waals surface area (Å²) in [5, 5.41) is 6.00. The van der Waals surface area contributed by atoms with Gasteiger partial charge in [0.2, 0.25) is 11.9 Å². The van der Waals surface area contributed by atoms with Gasteiger partial charge in [-0.05, 0) is 24.6 Å². The number of benzene rings is 2. The van der Waals surface area contributed by atoms with Crippen LogP contribution in [0.15, 0.2) is 47.6 Å². The Morgan fingerprint density at radius 2 is 1.75 bits per heavy atom. The van der Waals surface area contributed by atoms with E-state index in [-0.39, 0.29) is 28.3 Å². The molecular weight excluding hydrogens is 381 g/mol. The first kappa shape index (κ1) is 19.7. The minimum atomic E-state index is -0.524. The van der Waals surface area contributed by atoms with Crippen LogP contribution >= 0.6 is 11.6 Å². The predicted octanol–water partition coefficient (Wildman–Crippen LogP) is 3.97. The van der Waals surface area contributed by atoms with Gasteiger partial charge in [0, 0.05) is 14.1 Å². The minimum Gasteiger partial charge on any atom is -0.287 e. The third kappa shape index (κ3) is 4.99. The molecular formula is C19H19ClFN7. The molecule has 28 heavy (non-hydrogen) atoms. The molecule has 144 valence electrons. The van der Waals surface area contributed by atoms with Crippen LogP contribution in [-0.2, 0) is 0 Å². The van der Waals surface area contributed by atoms with E-state index >= 15 is 0 Å². The lowest BCUT2D eigenvalue weighted by Crippen LogP contribution is -2.22. The third-order valence-electron chi connectivity index (χ3n) is 3.60. The Hall–Kier alpha value is -3.10. The van der Waals surface area contributed by atoms with Crippen molar-refractivity contribution in [2.45, 2.75) is 6.92 Å². The SMILES string of the molecule is Cc1ccc(/C=N/Nc2nc(NN(C)C)nc(-c3c(F)cccc3Cl)n2)cc1. The van der Waals surface area contributed by atoms with Gasteiger partial charge >= 0.3 is 0 Å². The van der Waals surface area contributed by atoms with Crippen molar-refractivity contribution >= 4 is 29.7 Å². The van der Waals surface area contributed by atoms with Gasteiger partial charge in [0.15, 0.2) is 5.82 Å². The fraction of sp³-hybridized carbons (Fsp3) is 0.158. The molecule has 0 bridgehead atoms. The van der Waals surface area contributed by atoms with Crippen LogP contribution in [0.4, 0.5) is 16.3 Å². The molecule has 0 amide bonds. The molecule has 3 aromatic rings. The molecule has 0 radical (unpaired) electrons. The van der Waals surface area contributed by atoms with Crippen LogP contribution in [0.3, 0.4) is 0 Å². The highest BCUT2D eigenvalue weighted by atomic mass is 35.5. The molecule has 2 N–H and O–H groups in total. The second kappa shape index (κ2) is 8.73. The summed E-state index contributed by atoms with van der Waals surface area (Å²) < 4.78 is 14.3. The molecule has 2 aromatic carbocycles. The molecule has 0 unspecified atom stereocenters. The van der Waals surface area contributed by atoms with E-state index in [9.17, 15) is 4.39 Å². The number of hydrazone groups is 1. The molecule has 1 heterocycles. The van der Waals surface area contributed by atoms with Crippen LogP contribution in [0.25, 0.3) is 11.4 Å². The van der Waals surface area contributed by atoms with Crippen molar-refractivity contribution in [3.8, 4) is 11.4 Å². The Balaban J connectivity index is 1.92. The molecule has 0 spiro atoms. The fourth-order valence-corrected chi connectivity index (χ4v) is 2.56. The van der Waals surface area contributed by atoms with Crippen molar-refractivity contribution in [2.75, 3.05) is 24.9 Å². The molecule has 0 aliphatic carbocycles. The number of aromatic nitrogens is 3. The van der Waals surface area contributed by atoms with Crippen molar-refractivity contribution in [1.29, 1.82) is 0 Å². The predicted molar refractivity (Wildman–Crippen MR) is 110 cm³/mol. The number of hydrazine groups is 1. The van der Waals surface area contributed by atoms with Gasteiger partial charge in [0.05, 0.1) is 16.8 Å². The van der Waals surface area contributed by atoms with E-state index in [1.165, 1.54) is 12.1 Å². The van der Waals surface area contributed by atoms with Crippen LogP contribution in [-0.4, -0.2) is 40.3 Å². The molecule has 0 saturated carbocycles. The number of halogens is 2. The molecule has 0 atom stereocenters. The van der Waals surface area contributed by atoms with Crippen LogP contribution in [0.1, 0.15) is 11.1 Å². The lowest BCUT2D eigenvalue weighted by atomic mass is 10.2. The van der Waals surface area contributed by atoms with Gasteiger partial charge in [-0.3, -0.25) is 5.43 Å². The van der Waals surface area contributed by atoms with Gasteiger partial charge in [-0.15, -0.1) is 0 Å². The Morgan fingerprint density at radius 1 is 1.04 bits per heavy atom. The Kier molecular flexibility index (Phi) is 6.13. The lowest BCUT2D eigenvalue weighted by molar-refractivity contribution is 0.488. The van der Waals surface area contributed by atoms with Gasteiger partial charge in [0.25, 0.3) is 0 Å². The van der Waals surface area contributed by atoms with E-state index in [2.05, 4.69) is 30.9 Å². The minimum absolute atomic E-state index is 0.0930. The second-order valence-electron chi connectivity index (χ2n) is 6.19. The van der Waals surface area contributed by atoms with Crippen LogP contribution < -0.4 is 10.9 Å². The average Bonchev–Trinajstić information content (AvgIpc) is 2.62. The monoisotopic (exact) mass is 399 g/mol. The maximum atomic E-state index is 14.3. The maximum Gasteiger partial charge on any atom is 0.248 e. The molecule has 9 heteroatoms. The Morgan fingerprint density at radius 3 is 2.43 bits per heavy atom. The lowest BCUT2D eigenvalue weighted by Gasteiger charge is -2.13. The smallest absolute Gasteiger partial charge is 0.248 e. The molecule has 0 aliphatic rings. The van der Waals surface area contributed by atoms with E-state index in [4.69, 9.17) is 11.6 Å². The first-order valence-corrected chi connectivity index (χ1v) is 8.80. The summed E-state index contributed by atoms with van der Waals surface area (Å²) in [4.78, 5) is 12.7. The summed E-state index contributed by atoms with van der Waals surface area (Å²) in [6.07, 6.45) is 1.64. The summed E-state index contributed by atoms with van der Waals surface area (Å²) in [5.74, 6) is -0.0570. The van der Waals surface area contributed by atoms with Gasteiger partial charge in [-0.2, -0.15) is 20.1 Å². The zero-order chi connectivity index (χ0) is 20.1. The van der Waals surface area contributed by atoms with Crippen molar-refractivity contribution in [3.05, 3.63) is 64.4 Å².